The Morgan fingerprint density at radius 2 is 1.70 bits per heavy atom. The Hall–Kier alpha value is -2.39. The first-order chi connectivity index (χ1) is 13.5. The van der Waals surface area contributed by atoms with E-state index in [4.69, 9.17) is 0 Å². The van der Waals surface area contributed by atoms with Crippen LogP contribution in [0.25, 0.3) is 11.0 Å². The number of hydrogen-bond donors (Lipinski definition) is 1. The zero-order valence-electron chi connectivity index (χ0n) is 14.3. The number of alkyl halides is 3. The standard InChI is InChI=1S/C8H4BrF3N2O3S.C7H5BrN2O.FH/c9-5-3-6-7(1-2-13-14(6)4-5)17-18(15,16)8(10,11)12;8-5-3-6-7(11)1-2-9-10(6)4-5;/h1-4H;1-4,9H;1H. The van der Waals surface area contributed by atoms with Gasteiger partial charge in [-0.2, -0.15) is 26.7 Å². The molecule has 0 bridgehead atoms. The molecule has 0 atom stereocenters. The minimum Gasteiger partial charge on any atom is -0.374 e. The summed E-state index contributed by atoms with van der Waals surface area (Å²) in [5, 5.41) is 6.68. The molecule has 0 unspecified atom stereocenters. The zero-order chi connectivity index (χ0) is 21.4. The second kappa shape index (κ2) is 8.77. The molecule has 162 valence electrons. The van der Waals surface area contributed by atoms with Crippen LogP contribution in [-0.4, -0.2) is 33.2 Å². The molecule has 4 aromatic heterocycles. The van der Waals surface area contributed by atoms with E-state index >= 15 is 0 Å². The highest BCUT2D eigenvalue weighted by Gasteiger charge is 2.48. The molecule has 0 aliphatic heterocycles. The van der Waals surface area contributed by atoms with E-state index in [1.807, 2.05) is 0 Å². The van der Waals surface area contributed by atoms with Gasteiger partial charge in [-0.3, -0.25) is 14.0 Å². The van der Waals surface area contributed by atoms with Crippen LogP contribution in [0, 0.1) is 0 Å². The van der Waals surface area contributed by atoms with Gasteiger partial charge in [0.2, 0.25) is 5.43 Å². The van der Waals surface area contributed by atoms with E-state index in [-0.39, 0.29) is 15.6 Å². The van der Waals surface area contributed by atoms with Gasteiger partial charge < -0.3 is 9.28 Å². The summed E-state index contributed by atoms with van der Waals surface area (Å²) in [6.45, 7) is 0. The van der Waals surface area contributed by atoms with Crippen LogP contribution in [0.5, 0.6) is 5.75 Å². The van der Waals surface area contributed by atoms with Crippen molar-refractivity contribution in [2.45, 2.75) is 5.51 Å². The molecule has 0 saturated heterocycles. The highest BCUT2D eigenvalue weighted by Crippen LogP contribution is 2.30. The topological polar surface area (TPSA) is 97.9 Å². The maximum absolute atomic E-state index is 12.2. The quantitative estimate of drug-likeness (QED) is 0.222. The van der Waals surface area contributed by atoms with Gasteiger partial charge in [-0.25, -0.2) is 4.52 Å². The summed E-state index contributed by atoms with van der Waals surface area (Å²) in [6.07, 6.45) is 5.99. The van der Waals surface area contributed by atoms with E-state index in [2.05, 4.69) is 46.2 Å². The number of rotatable bonds is 2. The third-order valence-electron chi connectivity index (χ3n) is 3.41. The van der Waals surface area contributed by atoms with Crippen molar-refractivity contribution in [2.75, 3.05) is 0 Å². The van der Waals surface area contributed by atoms with Crippen molar-refractivity contribution in [1.82, 2.24) is 19.2 Å². The molecule has 1 N–H and O–H groups in total. The summed E-state index contributed by atoms with van der Waals surface area (Å²) >= 11 is 6.37. The number of halogens is 6. The first-order valence-corrected chi connectivity index (χ1v) is 10.5. The van der Waals surface area contributed by atoms with Gasteiger partial charge in [0.15, 0.2) is 5.75 Å². The number of aromatic nitrogens is 4. The molecule has 30 heavy (non-hydrogen) atoms. The van der Waals surface area contributed by atoms with Gasteiger partial charge >= 0.3 is 15.6 Å². The monoisotopic (exact) mass is 576 g/mol. The molecule has 0 spiro atoms. The van der Waals surface area contributed by atoms with Gasteiger partial charge in [-0.05, 0) is 44.0 Å². The summed E-state index contributed by atoms with van der Waals surface area (Å²) in [5.74, 6) is -0.451. The fourth-order valence-corrected chi connectivity index (χ4v) is 3.50. The van der Waals surface area contributed by atoms with Gasteiger partial charge in [0.1, 0.15) is 11.0 Å². The highest BCUT2D eigenvalue weighted by atomic mass is 79.9. The third-order valence-corrected chi connectivity index (χ3v) is 5.24. The first-order valence-electron chi connectivity index (χ1n) is 7.47. The van der Waals surface area contributed by atoms with Crippen LogP contribution < -0.4 is 9.61 Å². The van der Waals surface area contributed by atoms with Crippen LogP contribution in [0.3, 0.4) is 0 Å². The number of hydrogen-bond acceptors (Lipinski definition) is 5. The molecule has 0 aliphatic rings. The lowest BCUT2D eigenvalue weighted by Gasteiger charge is -2.09. The van der Waals surface area contributed by atoms with E-state index in [0.717, 1.165) is 16.7 Å². The molecule has 4 rings (SSSR count). The van der Waals surface area contributed by atoms with Crippen LogP contribution in [0.2, 0.25) is 0 Å². The van der Waals surface area contributed by atoms with Crippen molar-refractivity contribution < 1.29 is 30.5 Å². The van der Waals surface area contributed by atoms with E-state index in [1.54, 1.807) is 23.0 Å². The summed E-state index contributed by atoms with van der Waals surface area (Å²) in [4.78, 5) is 11.1. The minimum atomic E-state index is -5.69. The molecule has 0 aliphatic carbocycles. The maximum atomic E-state index is 12.2. The number of fused-ring (bicyclic) bond motifs is 2. The van der Waals surface area contributed by atoms with Gasteiger partial charge in [-0.15, -0.1) is 0 Å². The summed E-state index contributed by atoms with van der Waals surface area (Å²) in [6, 6.07) is 5.69. The average molecular weight is 578 g/mol. The molecule has 8 nitrogen and oxygen atoms in total. The largest absolute Gasteiger partial charge is 0.534 e. The molecule has 0 aromatic carbocycles. The molecule has 15 heteroatoms. The van der Waals surface area contributed by atoms with Crippen LogP contribution >= 0.6 is 31.9 Å². The Morgan fingerprint density at radius 1 is 1.07 bits per heavy atom. The number of nitrogens with one attached hydrogen (secondary N) is 1. The van der Waals surface area contributed by atoms with Crippen molar-refractivity contribution in [1.29, 1.82) is 0 Å². The minimum absolute atomic E-state index is 0. The summed E-state index contributed by atoms with van der Waals surface area (Å²) in [5.41, 5.74) is -4.71. The Labute approximate surface area is 182 Å². The molecule has 0 saturated carbocycles. The van der Waals surface area contributed by atoms with Crippen molar-refractivity contribution in [3.8, 4) is 5.75 Å². The van der Waals surface area contributed by atoms with E-state index < -0.39 is 21.4 Å². The molecular formula is C15H10Br2F4N4O4S. The normalized spacial score (nSPS) is 11.6. The third kappa shape index (κ3) is 5.02. The molecule has 4 heterocycles. The maximum Gasteiger partial charge on any atom is 0.534 e. The SMILES string of the molecule is F.O=S(=O)(Oc1ccnn2cc(Br)cc12)C(F)(F)F.O=c1cc[nH]n2cc(Br)cc12. The van der Waals surface area contributed by atoms with Gasteiger partial charge in [0, 0.05) is 39.7 Å². The molecule has 0 radical (unpaired) electrons. The average Bonchev–Trinajstić information content (AvgIpc) is 3.17. The fourth-order valence-electron chi connectivity index (χ4n) is 2.20. The highest BCUT2D eigenvalue weighted by molar-refractivity contribution is 9.10. The first kappa shape index (κ1) is 23.9. The van der Waals surface area contributed by atoms with Crippen molar-refractivity contribution in [2.24, 2.45) is 0 Å². The van der Waals surface area contributed by atoms with Crippen LogP contribution in [0.15, 0.2) is 62.8 Å². The predicted molar refractivity (Wildman–Crippen MR) is 107 cm³/mol. The summed E-state index contributed by atoms with van der Waals surface area (Å²) < 4.78 is 66.6. The molecular weight excluding hydrogens is 568 g/mol. The Balaban J connectivity index is 0.000000229. The van der Waals surface area contributed by atoms with Crippen LogP contribution in [0.1, 0.15) is 0 Å². The molecule has 0 amide bonds. The lowest BCUT2D eigenvalue weighted by molar-refractivity contribution is -0.0499. The molecule has 0 fully saturated rings. The van der Waals surface area contributed by atoms with E-state index in [9.17, 15) is 26.4 Å². The lowest BCUT2D eigenvalue weighted by atomic mass is 10.4. The number of aromatic amines is 1. The van der Waals surface area contributed by atoms with E-state index in [1.165, 1.54) is 22.8 Å². The fraction of sp³-hybridized carbons (Fsp3) is 0.0667. The second-order valence-electron chi connectivity index (χ2n) is 5.41. The second-order valence-corrected chi connectivity index (χ2v) is 8.78. The van der Waals surface area contributed by atoms with Crippen LogP contribution in [0.4, 0.5) is 17.9 Å². The van der Waals surface area contributed by atoms with Gasteiger partial charge in [-0.1, -0.05) is 0 Å². The van der Waals surface area contributed by atoms with Crippen molar-refractivity contribution in [3.05, 3.63) is 68.2 Å². The van der Waals surface area contributed by atoms with Crippen LogP contribution in [-0.2, 0) is 10.1 Å². The number of H-pyrrole nitrogens is 1. The predicted octanol–water partition coefficient (Wildman–Crippen LogP) is 3.87. The molecule has 4 aromatic rings. The smallest absolute Gasteiger partial charge is 0.374 e. The summed E-state index contributed by atoms with van der Waals surface area (Å²) in [7, 11) is -5.69. The van der Waals surface area contributed by atoms with Crippen molar-refractivity contribution in [3.63, 3.8) is 0 Å². The lowest BCUT2D eigenvalue weighted by Crippen LogP contribution is -2.28. The Morgan fingerprint density at radius 3 is 2.33 bits per heavy atom. The Kier molecular flexibility index (Phi) is 6.98. The van der Waals surface area contributed by atoms with Gasteiger partial charge in [0.05, 0.1) is 6.20 Å². The van der Waals surface area contributed by atoms with Gasteiger partial charge in [0.25, 0.3) is 0 Å². The van der Waals surface area contributed by atoms with E-state index in [0.29, 0.717) is 9.99 Å². The zero-order valence-corrected chi connectivity index (χ0v) is 18.3. The number of nitrogens with zero attached hydrogens (tertiary/aromatic N) is 3. The van der Waals surface area contributed by atoms with Crippen molar-refractivity contribution >= 4 is 53.0 Å². The Bertz CT molecular complexity index is 1350.